The highest BCUT2D eigenvalue weighted by Crippen LogP contribution is 2.54. The molecule has 37 heavy (non-hydrogen) atoms. The van der Waals surface area contributed by atoms with Crippen molar-refractivity contribution in [3.8, 4) is 5.88 Å². The molecule has 8 nitrogen and oxygen atoms in total. The molecule has 0 saturated heterocycles. The van der Waals surface area contributed by atoms with Crippen LogP contribution in [0, 0.1) is 29.1 Å². The van der Waals surface area contributed by atoms with Crippen LogP contribution in [0.5, 0.6) is 5.88 Å². The molecule has 5 fully saturated rings. The number of hydrogen-bond acceptors (Lipinski definition) is 7. The van der Waals surface area contributed by atoms with Gasteiger partial charge in [0.15, 0.2) is 0 Å². The molecule has 1 aromatic rings. The third-order valence-electron chi connectivity index (χ3n) is 9.03. The van der Waals surface area contributed by atoms with E-state index >= 15 is 0 Å². The quantitative estimate of drug-likeness (QED) is 0.363. The first-order valence-corrected chi connectivity index (χ1v) is 15.2. The van der Waals surface area contributed by atoms with E-state index in [4.69, 9.17) is 9.26 Å². The minimum atomic E-state index is -0.748. The fraction of sp³-hybridized carbons (Fsp3) is 0.821. The predicted molar refractivity (Wildman–Crippen MR) is 144 cm³/mol. The number of thioether (sulfide) groups is 1. The lowest BCUT2D eigenvalue weighted by Crippen LogP contribution is -2.55. The molecule has 0 unspecified atom stereocenters. The first kappa shape index (κ1) is 26.9. The van der Waals surface area contributed by atoms with Crippen LogP contribution in [0.4, 0.5) is 0 Å². The standard InChI is InChI=1S/C28H44N4O4S/c1-28(2,27(34)30-10-9-29-3)16-35-26-24(37-21-7-5-4-6-8-21)23(36-32-26)25(33)31-22-19-12-17-11-18(14-19)15-20(22)13-17/h17-22,29H,4-16H2,1-3H3,(H,30,34)(H,31,33). The van der Waals surface area contributed by atoms with Crippen molar-refractivity contribution >= 4 is 23.6 Å². The van der Waals surface area contributed by atoms with Crippen LogP contribution in [0.25, 0.3) is 0 Å². The van der Waals surface area contributed by atoms with Crippen molar-refractivity contribution in [3.05, 3.63) is 5.76 Å². The van der Waals surface area contributed by atoms with Gasteiger partial charge in [-0.1, -0.05) is 19.3 Å². The lowest BCUT2D eigenvalue weighted by molar-refractivity contribution is -0.130. The zero-order valence-corrected chi connectivity index (χ0v) is 23.5. The molecule has 5 aliphatic rings. The Bertz CT molecular complexity index is 930. The Morgan fingerprint density at radius 2 is 1.70 bits per heavy atom. The van der Waals surface area contributed by atoms with Gasteiger partial charge in [0.05, 0.1) is 5.41 Å². The maximum Gasteiger partial charge on any atom is 0.291 e. The highest BCUT2D eigenvalue weighted by atomic mass is 32.2. The minimum absolute atomic E-state index is 0.0763. The van der Waals surface area contributed by atoms with Gasteiger partial charge in [-0.25, -0.2) is 0 Å². The van der Waals surface area contributed by atoms with Crippen molar-refractivity contribution in [3.63, 3.8) is 0 Å². The maximum absolute atomic E-state index is 13.6. The van der Waals surface area contributed by atoms with Crippen molar-refractivity contribution in [2.45, 2.75) is 94.2 Å². The molecule has 1 aromatic heterocycles. The second-order valence-electron chi connectivity index (χ2n) is 12.5. The Labute approximate surface area is 225 Å². The topological polar surface area (TPSA) is 105 Å². The number of amides is 2. The summed E-state index contributed by atoms with van der Waals surface area (Å²) in [7, 11) is 1.85. The van der Waals surface area contributed by atoms with Crippen LogP contribution < -0.4 is 20.7 Å². The zero-order valence-electron chi connectivity index (χ0n) is 22.6. The summed E-state index contributed by atoms with van der Waals surface area (Å²) in [6.45, 7) is 5.13. The lowest BCUT2D eigenvalue weighted by atomic mass is 9.54. The average Bonchev–Trinajstić information content (AvgIpc) is 3.27. The van der Waals surface area contributed by atoms with Gasteiger partial charge in [-0.3, -0.25) is 9.59 Å². The van der Waals surface area contributed by atoms with Crippen LogP contribution in [0.15, 0.2) is 9.42 Å². The van der Waals surface area contributed by atoms with E-state index in [1.54, 1.807) is 11.8 Å². The first-order chi connectivity index (χ1) is 17.8. The number of nitrogens with zero attached hydrogens (tertiary/aromatic N) is 1. The van der Waals surface area contributed by atoms with E-state index in [9.17, 15) is 9.59 Å². The zero-order chi connectivity index (χ0) is 26.0. The Morgan fingerprint density at radius 3 is 2.35 bits per heavy atom. The van der Waals surface area contributed by atoms with Crippen molar-refractivity contribution in [1.82, 2.24) is 21.1 Å². The summed E-state index contributed by atoms with van der Waals surface area (Å²) in [5, 5.41) is 14.0. The molecule has 0 aliphatic heterocycles. The van der Waals surface area contributed by atoms with Gasteiger partial charge in [-0.15, -0.1) is 11.8 Å². The minimum Gasteiger partial charge on any atom is -0.474 e. The van der Waals surface area contributed by atoms with Gasteiger partial charge in [0, 0.05) is 24.4 Å². The molecule has 206 valence electrons. The van der Waals surface area contributed by atoms with Crippen LogP contribution in [-0.2, 0) is 4.79 Å². The number of aromatic nitrogens is 1. The van der Waals surface area contributed by atoms with E-state index in [2.05, 4.69) is 21.1 Å². The number of carbonyl (C=O) groups excluding carboxylic acids is 2. The number of hydrogen-bond donors (Lipinski definition) is 3. The molecular weight excluding hydrogens is 488 g/mol. The molecule has 0 atom stereocenters. The van der Waals surface area contributed by atoms with Gasteiger partial charge < -0.3 is 25.2 Å². The summed E-state index contributed by atoms with van der Waals surface area (Å²) in [5.74, 6) is 3.27. The molecule has 3 N–H and O–H groups in total. The number of carbonyl (C=O) groups is 2. The van der Waals surface area contributed by atoms with Crippen molar-refractivity contribution < 1.29 is 18.8 Å². The van der Waals surface area contributed by atoms with Gasteiger partial charge in [-0.05, 0) is 94.7 Å². The normalized spacial score (nSPS) is 29.3. The van der Waals surface area contributed by atoms with E-state index in [1.165, 1.54) is 51.4 Å². The summed E-state index contributed by atoms with van der Waals surface area (Å²) in [6, 6.07) is 0.238. The number of nitrogens with one attached hydrogen (secondary N) is 3. The molecule has 5 aliphatic carbocycles. The fourth-order valence-corrected chi connectivity index (χ4v) is 8.53. The summed E-state index contributed by atoms with van der Waals surface area (Å²) in [4.78, 5) is 27.0. The summed E-state index contributed by atoms with van der Waals surface area (Å²) >= 11 is 1.67. The molecule has 0 spiro atoms. The Morgan fingerprint density at radius 1 is 1.03 bits per heavy atom. The summed E-state index contributed by atoms with van der Waals surface area (Å²) in [6.07, 6.45) is 12.3. The second kappa shape index (κ2) is 11.6. The van der Waals surface area contributed by atoms with Gasteiger partial charge in [0.1, 0.15) is 11.5 Å². The highest BCUT2D eigenvalue weighted by molar-refractivity contribution is 8.00. The largest absolute Gasteiger partial charge is 0.474 e. The molecule has 0 radical (unpaired) electrons. The molecule has 1 heterocycles. The van der Waals surface area contributed by atoms with Crippen molar-refractivity contribution in [2.75, 3.05) is 26.7 Å². The van der Waals surface area contributed by atoms with Gasteiger partial charge >= 0.3 is 0 Å². The first-order valence-electron chi connectivity index (χ1n) is 14.4. The van der Waals surface area contributed by atoms with Crippen LogP contribution in [-0.4, -0.2) is 55.0 Å². The summed E-state index contributed by atoms with van der Waals surface area (Å²) < 4.78 is 11.8. The van der Waals surface area contributed by atoms with Crippen LogP contribution >= 0.6 is 11.8 Å². The average molecular weight is 533 g/mol. The SMILES string of the molecule is CNCCNC(=O)C(C)(C)COc1noc(C(=O)NC2C3CC4CC(C3)CC2C4)c1SC1CCCCC1. The predicted octanol–water partition coefficient (Wildman–Crippen LogP) is 4.39. The lowest BCUT2D eigenvalue weighted by Gasteiger charge is -2.54. The summed E-state index contributed by atoms with van der Waals surface area (Å²) in [5.41, 5.74) is -0.748. The third-order valence-corrected chi connectivity index (χ3v) is 10.4. The third kappa shape index (κ3) is 6.13. The Kier molecular flexibility index (Phi) is 8.39. The van der Waals surface area contributed by atoms with Gasteiger partial charge in [0.25, 0.3) is 11.8 Å². The Hall–Kier alpha value is -1.74. The second-order valence-corrected chi connectivity index (χ2v) is 13.8. The number of likely N-dealkylation sites (N-methyl/N-ethyl adjacent to an activating group) is 1. The molecule has 2 amide bonds. The van der Waals surface area contributed by atoms with E-state index in [0.717, 1.165) is 24.7 Å². The van der Waals surface area contributed by atoms with Crippen molar-refractivity contribution in [2.24, 2.45) is 29.1 Å². The monoisotopic (exact) mass is 532 g/mol. The van der Waals surface area contributed by atoms with E-state index in [1.807, 2.05) is 20.9 Å². The maximum atomic E-state index is 13.6. The molecule has 4 bridgehead atoms. The molecule has 5 saturated carbocycles. The van der Waals surface area contributed by atoms with Crippen LogP contribution in [0.1, 0.15) is 88.6 Å². The Balaban J connectivity index is 1.28. The van der Waals surface area contributed by atoms with Gasteiger partial charge in [0.2, 0.25) is 11.7 Å². The molecular formula is C28H44N4O4S. The van der Waals surface area contributed by atoms with Crippen LogP contribution in [0.2, 0.25) is 0 Å². The number of rotatable bonds is 11. The van der Waals surface area contributed by atoms with E-state index in [0.29, 0.717) is 41.0 Å². The molecule has 9 heteroatoms. The van der Waals surface area contributed by atoms with Gasteiger partial charge in [-0.2, -0.15) is 0 Å². The van der Waals surface area contributed by atoms with E-state index in [-0.39, 0.29) is 30.2 Å². The highest BCUT2D eigenvalue weighted by Gasteiger charge is 2.49. The van der Waals surface area contributed by atoms with Crippen molar-refractivity contribution in [1.29, 1.82) is 0 Å². The van der Waals surface area contributed by atoms with Crippen LogP contribution in [0.3, 0.4) is 0 Å². The smallest absolute Gasteiger partial charge is 0.291 e. The van der Waals surface area contributed by atoms with E-state index < -0.39 is 5.41 Å². The molecule has 6 rings (SSSR count). The molecule has 0 aromatic carbocycles. The fourth-order valence-electron chi connectivity index (χ4n) is 7.19. The number of ether oxygens (including phenoxy) is 1.